The van der Waals surface area contributed by atoms with Gasteiger partial charge in [-0.15, -0.1) is 0 Å². The monoisotopic (exact) mass is 243 g/mol. The average molecular weight is 243 g/mol. The van der Waals surface area contributed by atoms with Crippen LogP contribution in [0.25, 0.3) is 11.3 Å². The number of hydrogen-bond donors (Lipinski definition) is 1. The van der Waals surface area contributed by atoms with Crippen molar-refractivity contribution < 1.29 is 9.15 Å². The lowest BCUT2D eigenvalue weighted by molar-refractivity contribution is 0.162. The SMILES string of the molecule is c1cc(OC2CCNCC2)cc(-c2ccco2)c1. The molecule has 0 bridgehead atoms. The van der Waals surface area contributed by atoms with Crippen LogP contribution in [-0.2, 0) is 0 Å². The van der Waals surface area contributed by atoms with Gasteiger partial charge < -0.3 is 14.5 Å². The van der Waals surface area contributed by atoms with Gasteiger partial charge in [-0.05, 0) is 50.2 Å². The molecule has 0 aliphatic carbocycles. The van der Waals surface area contributed by atoms with Crippen LogP contribution < -0.4 is 10.1 Å². The molecule has 94 valence electrons. The molecule has 1 fully saturated rings. The molecule has 2 aromatic rings. The highest BCUT2D eigenvalue weighted by atomic mass is 16.5. The van der Waals surface area contributed by atoms with Gasteiger partial charge in [-0.2, -0.15) is 0 Å². The van der Waals surface area contributed by atoms with Gasteiger partial charge in [0.25, 0.3) is 0 Å². The smallest absolute Gasteiger partial charge is 0.133 e. The molecule has 0 spiro atoms. The molecule has 1 aromatic heterocycles. The number of nitrogens with one attached hydrogen (secondary N) is 1. The largest absolute Gasteiger partial charge is 0.490 e. The zero-order valence-electron chi connectivity index (χ0n) is 10.3. The van der Waals surface area contributed by atoms with E-state index in [1.165, 1.54) is 0 Å². The van der Waals surface area contributed by atoms with Gasteiger partial charge in [0.05, 0.1) is 6.26 Å². The molecular weight excluding hydrogens is 226 g/mol. The zero-order valence-corrected chi connectivity index (χ0v) is 10.3. The van der Waals surface area contributed by atoms with E-state index in [0.29, 0.717) is 6.10 Å². The van der Waals surface area contributed by atoms with E-state index in [-0.39, 0.29) is 0 Å². The van der Waals surface area contributed by atoms with Gasteiger partial charge in [-0.25, -0.2) is 0 Å². The Kier molecular flexibility index (Phi) is 3.33. The summed E-state index contributed by atoms with van der Waals surface area (Å²) in [6.07, 6.45) is 4.17. The second kappa shape index (κ2) is 5.27. The van der Waals surface area contributed by atoms with Crippen LogP contribution in [0.4, 0.5) is 0 Å². The second-order valence-corrected chi connectivity index (χ2v) is 4.57. The van der Waals surface area contributed by atoms with E-state index in [4.69, 9.17) is 9.15 Å². The molecular formula is C15H17NO2. The molecule has 1 aliphatic heterocycles. The van der Waals surface area contributed by atoms with Crippen molar-refractivity contribution >= 4 is 0 Å². The number of furan rings is 1. The van der Waals surface area contributed by atoms with Gasteiger partial charge >= 0.3 is 0 Å². The van der Waals surface area contributed by atoms with Crippen molar-refractivity contribution in [2.75, 3.05) is 13.1 Å². The van der Waals surface area contributed by atoms with Gasteiger partial charge in [0, 0.05) is 5.56 Å². The Bertz CT molecular complexity index is 487. The number of hydrogen-bond acceptors (Lipinski definition) is 3. The van der Waals surface area contributed by atoms with Crippen molar-refractivity contribution in [2.45, 2.75) is 18.9 Å². The summed E-state index contributed by atoms with van der Waals surface area (Å²) < 4.78 is 11.4. The van der Waals surface area contributed by atoms with Crippen LogP contribution in [0.2, 0.25) is 0 Å². The van der Waals surface area contributed by atoms with E-state index in [2.05, 4.69) is 5.32 Å². The minimum atomic E-state index is 0.332. The van der Waals surface area contributed by atoms with Gasteiger partial charge in [-0.3, -0.25) is 0 Å². The van der Waals surface area contributed by atoms with Gasteiger partial charge in [-0.1, -0.05) is 12.1 Å². The van der Waals surface area contributed by atoms with Crippen LogP contribution in [-0.4, -0.2) is 19.2 Å². The quantitative estimate of drug-likeness (QED) is 0.899. The first-order valence-electron chi connectivity index (χ1n) is 6.43. The fourth-order valence-corrected chi connectivity index (χ4v) is 2.27. The van der Waals surface area contributed by atoms with E-state index in [9.17, 15) is 0 Å². The molecule has 1 aromatic carbocycles. The number of piperidine rings is 1. The standard InChI is InChI=1S/C15H17NO2/c1-3-12(15-5-2-10-17-15)11-14(4-1)18-13-6-8-16-9-7-13/h1-5,10-11,13,16H,6-9H2. The number of ether oxygens (including phenoxy) is 1. The first-order valence-corrected chi connectivity index (χ1v) is 6.43. The van der Waals surface area contributed by atoms with Crippen molar-refractivity contribution in [2.24, 2.45) is 0 Å². The summed E-state index contributed by atoms with van der Waals surface area (Å²) in [6.45, 7) is 2.09. The van der Waals surface area contributed by atoms with Gasteiger partial charge in [0.2, 0.25) is 0 Å². The molecule has 3 rings (SSSR count). The van der Waals surface area contributed by atoms with Crippen molar-refractivity contribution in [1.82, 2.24) is 5.32 Å². The summed E-state index contributed by atoms with van der Waals surface area (Å²) in [5.41, 5.74) is 1.06. The summed E-state index contributed by atoms with van der Waals surface area (Å²) in [6, 6.07) is 12.0. The van der Waals surface area contributed by atoms with Crippen molar-refractivity contribution in [3.8, 4) is 17.1 Å². The molecule has 0 atom stereocenters. The van der Waals surface area contributed by atoms with Crippen molar-refractivity contribution in [1.29, 1.82) is 0 Å². The van der Waals surface area contributed by atoms with Crippen LogP contribution in [0, 0.1) is 0 Å². The lowest BCUT2D eigenvalue weighted by atomic mass is 10.1. The molecule has 1 aliphatic rings. The topological polar surface area (TPSA) is 34.4 Å². The van der Waals surface area contributed by atoms with Crippen molar-refractivity contribution in [3.05, 3.63) is 42.7 Å². The molecule has 0 radical (unpaired) electrons. The predicted octanol–water partition coefficient (Wildman–Crippen LogP) is 3.08. The maximum absolute atomic E-state index is 6.01. The van der Waals surface area contributed by atoms with Crippen LogP contribution in [0.15, 0.2) is 47.1 Å². The molecule has 3 nitrogen and oxygen atoms in total. The first-order chi connectivity index (χ1) is 8.92. The fourth-order valence-electron chi connectivity index (χ4n) is 2.27. The second-order valence-electron chi connectivity index (χ2n) is 4.57. The highest BCUT2D eigenvalue weighted by Crippen LogP contribution is 2.25. The third-order valence-corrected chi connectivity index (χ3v) is 3.23. The van der Waals surface area contributed by atoms with E-state index in [1.807, 2.05) is 36.4 Å². The molecule has 2 heterocycles. The fraction of sp³-hybridized carbons (Fsp3) is 0.333. The third-order valence-electron chi connectivity index (χ3n) is 3.23. The highest BCUT2D eigenvalue weighted by molar-refractivity contribution is 5.59. The zero-order chi connectivity index (χ0) is 12.2. The molecule has 0 unspecified atom stereocenters. The average Bonchev–Trinajstić information content (AvgIpc) is 2.94. The van der Waals surface area contributed by atoms with E-state index >= 15 is 0 Å². The van der Waals surface area contributed by atoms with Crippen LogP contribution in [0.3, 0.4) is 0 Å². The van der Waals surface area contributed by atoms with Crippen molar-refractivity contribution in [3.63, 3.8) is 0 Å². The molecule has 3 heteroatoms. The maximum atomic E-state index is 6.01. The molecule has 1 N–H and O–H groups in total. The van der Waals surface area contributed by atoms with Gasteiger partial charge in [0.15, 0.2) is 0 Å². The summed E-state index contributed by atoms with van der Waals surface area (Å²) >= 11 is 0. The van der Waals surface area contributed by atoms with Gasteiger partial charge in [0.1, 0.15) is 17.6 Å². The third kappa shape index (κ3) is 2.57. The highest BCUT2D eigenvalue weighted by Gasteiger charge is 2.14. The molecule has 1 saturated heterocycles. The first kappa shape index (κ1) is 11.4. The Morgan fingerprint density at radius 1 is 1.11 bits per heavy atom. The Labute approximate surface area is 107 Å². The summed E-state index contributed by atoms with van der Waals surface area (Å²) in [5.74, 6) is 1.81. The minimum absolute atomic E-state index is 0.332. The van der Waals surface area contributed by atoms with Crippen LogP contribution in [0.1, 0.15) is 12.8 Å². The normalized spacial score (nSPS) is 16.7. The van der Waals surface area contributed by atoms with E-state index in [1.54, 1.807) is 6.26 Å². The lowest BCUT2D eigenvalue weighted by Gasteiger charge is -2.23. The van der Waals surface area contributed by atoms with Crippen LogP contribution in [0.5, 0.6) is 5.75 Å². The Hall–Kier alpha value is -1.74. The minimum Gasteiger partial charge on any atom is -0.490 e. The summed E-state index contributed by atoms with van der Waals surface area (Å²) in [4.78, 5) is 0. The number of benzene rings is 1. The summed E-state index contributed by atoms with van der Waals surface area (Å²) in [5, 5.41) is 3.34. The van der Waals surface area contributed by atoms with E-state index < -0.39 is 0 Å². The van der Waals surface area contributed by atoms with Crippen LogP contribution >= 0.6 is 0 Å². The Morgan fingerprint density at radius 3 is 2.78 bits per heavy atom. The predicted molar refractivity (Wildman–Crippen MR) is 70.7 cm³/mol. The molecule has 18 heavy (non-hydrogen) atoms. The molecule has 0 amide bonds. The Morgan fingerprint density at radius 2 is 2.00 bits per heavy atom. The lowest BCUT2D eigenvalue weighted by Crippen LogP contribution is -2.34. The maximum Gasteiger partial charge on any atom is 0.133 e. The number of rotatable bonds is 3. The van der Waals surface area contributed by atoms with E-state index in [0.717, 1.165) is 43.0 Å². The summed E-state index contributed by atoms with van der Waals surface area (Å²) in [7, 11) is 0. The molecule has 0 saturated carbocycles. The Balaban J connectivity index is 1.74.